The van der Waals surface area contributed by atoms with Crippen molar-refractivity contribution in [3.8, 4) is 11.4 Å². The summed E-state index contributed by atoms with van der Waals surface area (Å²) in [7, 11) is 0. The molecule has 2 aromatic carbocycles. The van der Waals surface area contributed by atoms with Crippen LogP contribution in [0.5, 0.6) is 0 Å². The Bertz CT molecular complexity index is 988. The van der Waals surface area contributed by atoms with Gasteiger partial charge in [-0.3, -0.25) is 14.5 Å². The summed E-state index contributed by atoms with van der Waals surface area (Å²) >= 11 is 5.35. The molecule has 0 saturated heterocycles. The zero-order valence-corrected chi connectivity index (χ0v) is 16.6. The molecule has 6 heteroatoms. The zero-order chi connectivity index (χ0) is 19.4. The molecular weight excluding hydrogens is 356 g/mol. The van der Waals surface area contributed by atoms with Crippen LogP contribution in [0.1, 0.15) is 36.1 Å². The Morgan fingerprint density at radius 3 is 2.59 bits per heavy atom. The molecule has 0 radical (unpaired) electrons. The summed E-state index contributed by atoms with van der Waals surface area (Å²) < 4.78 is 2.39. The summed E-state index contributed by atoms with van der Waals surface area (Å²) in [5.41, 5.74) is 4.46. The maximum Gasteiger partial charge on any atom is 0.222 e. The van der Waals surface area contributed by atoms with Gasteiger partial charge in [0, 0.05) is 18.5 Å². The molecule has 27 heavy (non-hydrogen) atoms. The molecule has 140 valence electrons. The molecule has 0 aliphatic carbocycles. The third-order valence-electron chi connectivity index (χ3n) is 4.66. The molecule has 0 saturated carbocycles. The molecule has 3 rings (SSSR count). The van der Waals surface area contributed by atoms with Gasteiger partial charge < -0.3 is 5.32 Å². The molecule has 1 amide bonds. The lowest BCUT2D eigenvalue weighted by molar-refractivity contribution is -0.121. The minimum atomic E-state index is -0.0346. The van der Waals surface area contributed by atoms with Crippen LogP contribution in [0.15, 0.2) is 48.5 Å². The lowest BCUT2D eigenvalue weighted by Crippen LogP contribution is -2.28. The minimum Gasteiger partial charge on any atom is -0.350 e. The molecule has 1 atom stereocenters. The van der Waals surface area contributed by atoms with Crippen LogP contribution in [0.3, 0.4) is 0 Å². The second-order valence-electron chi connectivity index (χ2n) is 6.77. The minimum absolute atomic E-state index is 0.0105. The van der Waals surface area contributed by atoms with Crippen molar-refractivity contribution >= 4 is 18.1 Å². The zero-order valence-electron chi connectivity index (χ0n) is 15.8. The van der Waals surface area contributed by atoms with E-state index < -0.39 is 0 Å². The van der Waals surface area contributed by atoms with Crippen LogP contribution in [0, 0.1) is 18.6 Å². The molecule has 3 aromatic rings. The van der Waals surface area contributed by atoms with Crippen molar-refractivity contribution in [1.82, 2.24) is 20.1 Å². The van der Waals surface area contributed by atoms with Gasteiger partial charge in [-0.1, -0.05) is 54.1 Å². The molecule has 0 unspecified atom stereocenters. The molecule has 0 fully saturated rings. The summed E-state index contributed by atoms with van der Waals surface area (Å²) in [5.74, 6) is 0.739. The van der Waals surface area contributed by atoms with Crippen LogP contribution >= 0.6 is 12.2 Å². The summed E-state index contributed by atoms with van der Waals surface area (Å²) in [6.45, 7) is 6.57. The van der Waals surface area contributed by atoms with Crippen molar-refractivity contribution < 1.29 is 4.79 Å². The van der Waals surface area contributed by atoms with Gasteiger partial charge in [0.2, 0.25) is 5.91 Å². The number of hydrogen-bond acceptors (Lipinski definition) is 3. The average molecular weight is 381 g/mol. The van der Waals surface area contributed by atoms with E-state index in [4.69, 9.17) is 12.2 Å². The van der Waals surface area contributed by atoms with Gasteiger partial charge in [-0.05, 0) is 44.1 Å². The number of aromatic nitrogens is 3. The van der Waals surface area contributed by atoms with Crippen LogP contribution < -0.4 is 5.32 Å². The number of nitrogens with one attached hydrogen (secondary N) is 2. The number of H-pyrrole nitrogens is 1. The van der Waals surface area contributed by atoms with Crippen molar-refractivity contribution in [2.45, 2.75) is 39.8 Å². The number of nitrogens with zero attached hydrogens (tertiary/aromatic N) is 2. The molecule has 0 spiro atoms. The molecule has 2 N–H and O–H groups in total. The Labute approximate surface area is 164 Å². The molecule has 1 aromatic heterocycles. The molecule has 5 nitrogen and oxygen atoms in total. The number of carbonyl (C=O) groups is 1. The topological polar surface area (TPSA) is 62.7 Å². The summed E-state index contributed by atoms with van der Waals surface area (Å²) in [4.78, 5) is 12.4. The van der Waals surface area contributed by atoms with E-state index in [1.54, 1.807) is 0 Å². The van der Waals surface area contributed by atoms with Gasteiger partial charge in [0.25, 0.3) is 0 Å². The van der Waals surface area contributed by atoms with Crippen LogP contribution in [0.25, 0.3) is 11.4 Å². The van der Waals surface area contributed by atoms with Gasteiger partial charge in [0.1, 0.15) is 0 Å². The SMILES string of the molecule is Cc1ccc(-c2n[nH]c(=S)n2CCC(=O)N[C@H](C)c2ccccc2C)cc1. The van der Waals surface area contributed by atoms with E-state index in [9.17, 15) is 4.79 Å². The predicted molar refractivity (Wildman–Crippen MR) is 110 cm³/mol. The fourth-order valence-electron chi connectivity index (χ4n) is 3.13. The van der Waals surface area contributed by atoms with Crippen LogP contribution in [-0.4, -0.2) is 20.7 Å². The van der Waals surface area contributed by atoms with Gasteiger partial charge in [0.15, 0.2) is 10.6 Å². The Morgan fingerprint density at radius 2 is 1.89 bits per heavy atom. The van der Waals surface area contributed by atoms with Gasteiger partial charge in [-0.15, -0.1) is 0 Å². The molecular formula is C21H24N4OS. The number of benzene rings is 2. The normalized spacial score (nSPS) is 12.0. The lowest BCUT2D eigenvalue weighted by Gasteiger charge is -2.17. The third-order valence-corrected chi connectivity index (χ3v) is 4.97. The first-order chi connectivity index (χ1) is 13.0. The molecule has 0 aliphatic rings. The predicted octanol–water partition coefficient (Wildman–Crippen LogP) is 4.49. The first-order valence-corrected chi connectivity index (χ1v) is 9.43. The standard InChI is InChI=1S/C21H24N4OS/c1-14-8-10-17(11-9-14)20-23-24-21(27)25(20)13-12-19(26)22-16(3)18-7-5-4-6-15(18)2/h4-11,16H,12-13H2,1-3H3,(H,22,26)(H,24,27)/t16-/m1/s1. The van der Waals surface area contributed by atoms with Crippen molar-refractivity contribution in [1.29, 1.82) is 0 Å². The Morgan fingerprint density at radius 1 is 1.19 bits per heavy atom. The second-order valence-corrected chi connectivity index (χ2v) is 7.15. The van der Waals surface area contributed by atoms with E-state index in [0.29, 0.717) is 17.7 Å². The van der Waals surface area contributed by atoms with Crippen molar-refractivity contribution in [3.05, 3.63) is 70.0 Å². The highest BCUT2D eigenvalue weighted by Gasteiger charge is 2.14. The quantitative estimate of drug-likeness (QED) is 0.619. The highest BCUT2D eigenvalue weighted by Crippen LogP contribution is 2.19. The van der Waals surface area contributed by atoms with E-state index in [2.05, 4.69) is 28.5 Å². The van der Waals surface area contributed by atoms with Crippen LogP contribution in [0.2, 0.25) is 0 Å². The summed E-state index contributed by atoms with van der Waals surface area (Å²) in [6, 6.07) is 16.1. The van der Waals surface area contributed by atoms with Crippen molar-refractivity contribution in [2.24, 2.45) is 0 Å². The maximum absolute atomic E-state index is 12.4. The van der Waals surface area contributed by atoms with Gasteiger partial charge in [-0.25, -0.2) is 0 Å². The van der Waals surface area contributed by atoms with Crippen LogP contribution in [0.4, 0.5) is 0 Å². The Hall–Kier alpha value is -2.73. The van der Waals surface area contributed by atoms with Gasteiger partial charge >= 0.3 is 0 Å². The Balaban J connectivity index is 1.67. The van der Waals surface area contributed by atoms with E-state index >= 15 is 0 Å². The van der Waals surface area contributed by atoms with Crippen molar-refractivity contribution in [2.75, 3.05) is 0 Å². The number of carbonyl (C=O) groups excluding carboxylic acids is 1. The van der Waals surface area contributed by atoms with Gasteiger partial charge in [0.05, 0.1) is 6.04 Å². The molecule has 0 aliphatic heterocycles. The third kappa shape index (κ3) is 4.52. The van der Waals surface area contributed by atoms with Crippen molar-refractivity contribution in [3.63, 3.8) is 0 Å². The first kappa shape index (κ1) is 19.0. The average Bonchev–Trinajstić information content (AvgIpc) is 3.01. The van der Waals surface area contributed by atoms with E-state index in [1.165, 1.54) is 11.1 Å². The highest BCUT2D eigenvalue weighted by molar-refractivity contribution is 7.71. The maximum atomic E-state index is 12.4. The lowest BCUT2D eigenvalue weighted by atomic mass is 10.0. The number of aromatic amines is 1. The molecule has 0 bridgehead atoms. The number of hydrogen-bond donors (Lipinski definition) is 2. The van der Waals surface area contributed by atoms with E-state index in [0.717, 1.165) is 17.0 Å². The number of amides is 1. The van der Waals surface area contributed by atoms with E-state index in [-0.39, 0.29) is 11.9 Å². The van der Waals surface area contributed by atoms with Gasteiger partial charge in [-0.2, -0.15) is 5.10 Å². The summed E-state index contributed by atoms with van der Waals surface area (Å²) in [6.07, 6.45) is 0.336. The Kier molecular flexibility index (Phi) is 5.86. The first-order valence-electron chi connectivity index (χ1n) is 9.03. The second kappa shape index (κ2) is 8.31. The van der Waals surface area contributed by atoms with E-state index in [1.807, 2.05) is 60.9 Å². The largest absolute Gasteiger partial charge is 0.350 e. The fourth-order valence-corrected chi connectivity index (χ4v) is 3.35. The monoisotopic (exact) mass is 380 g/mol. The number of aryl methyl sites for hydroxylation is 2. The summed E-state index contributed by atoms with van der Waals surface area (Å²) in [5, 5.41) is 10.2. The number of rotatable bonds is 6. The fraction of sp³-hybridized carbons (Fsp3) is 0.286. The highest BCUT2D eigenvalue weighted by atomic mass is 32.1. The van der Waals surface area contributed by atoms with Crippen LogP contribution in [-0.2, 0) is 11.3 Å². The smallest absolute Gasteiger partial charge is 0.222 e. The molecule has 1 heterocycles.